The summed E-state index contributed by atoms with van der Waals surface area (Å²) in [5.41, 5.74) is 0.701. The number of benzene rings is 1. The SMILES string of the molecule is CCN(CC)n1nnnc1-c1nnnn1-c1ccc(O)cc1. The molecular formula is C12H15N9O. The van der Waals surface area contributed by atoms with Gasteiger partial charge in [0, 0.05) is 13.1 Å². The Bertz CT molecular complexity index is 744. The van der Waals surface area contributed by atoms with Gasteiger partial charge < -0.3 is 5.11 Å². The van der Waals surface area contributed by atoms with Gasteiger partial charge in [0.2, 0.25) is 11.6 Å². The van der Waals surface area contributed by atoms with Crippen LogP contribution in [-0.4, -0.2) is 58.7 Å². The van der Waals surface area contributed by atoms with Gasteiger partial charge in [-0.2, -0.15) is 4.68 Å². The van der Waals surface area contributed by atoms with Crippen LogP contribution in [0.5, 0.6) is 5.75 Å². The summed E-state index contributed by atoms with van der Waals surface area (Å²) >= 11 is 0. The van der Waals surface area contributed by atoms with Crippen molar-refractivity contribution in [2.24, 2.45) is 0 Å². The summed E-state index contributed by atoms with van der Waals surface area (Å²) in [6, 6.07) is 6.55. The molecule has 0 radical (unpaired) electrons. The van der Waals surface area contributed by atoms with Crippen LogP contribution in [0.15, 0.2) is 24.3 Å². The molecule has 0 atom stereocenters. The van der Waals surface area contributed by atoms with Crippen LogP contribution in [-0.2, 0) is 0 Å². The number of tetrazole rings is 2. The fourth-order valence-corrected chi connectivity index (χ4v) is 2.09. The molecule has 0 aliphatic carbocycles. The highest BCUT2D eigenvalue weighted by Crippen LogP contribution is 2.18. The molecule has 0 aliphatic rings. The lowest BCUT2D eigenvalue weighted by Crippen LogP contribution is -2.36. The third kappa shape index (κ3) is 2.34. The smallest absolute Gasteiger partial charge is 0.243 e. The van der Waals surface area contributed by atoms with Crippen molar-refractivity contribution in [3.63, 3.8) is 0 Å². The molecule has 0 aliphatic heterocycles. The molecule has 3 aromatic rings. The van der Waals surface area contributed by atoms with Gasteiger partial charge in [-0.1, -0.05) is 0 Å². The van der Waals surface area contributed by atoms with Crippen molar-refractivity contribution in [2.75, 3.05) is 18.1 Å². The molecule has 1 N–H and O–H groups in total. The van der Waals surface area contributed by atoms with Gasteiger partial charge >= 0.3 is 0 Å². The molecule has 0 bridgehead atoms. The minimum atomic E-state index is 0.173. The average molecular weight is 301 g/mol. The molecule has 2 heterocycles. The Morgan fingerprint density at radius 2 is 1.59 bits per heavy atom. The van der Waals surface area contributed by atoms with Crippen LogP contribution >= 0.6 is 0 Å². The summed E-state index contributed by atoms with van der Waals surface area (Å²) in [5.74, 6) is 1.04. The maximum atomic E-state index is 9.38. The van der Waals surface area contributed by atoms with E-state index in [1.165, 1.54) is 4.68 Å². The molecule has 1 aromatic carbocycles. The van der Waals surface area contributed by atoms with Gasteiger partial charge in [-0.25, -0.2) is 0 Å². The Hall–Kier alpha value is -3.04. The predicted octanol–water partition coefficient (Wildman–Crippen LogP) is -0.000800. The Morgan fingerprint density at radius 1 is 0.955 bits per heavy atom. The first kappa shape index (κ1) is 13.9. The Labute approximate surface area is 125 Å². The summed E-state index contributed by atoms with van der Waals surface area (Å²) < 4.78 is 1.52. The molecule has 2 aromatic heterocycles. The zero-order valence-electron chi connectivity index (χ0n) is 12.2. The first-order chi connectivity index (χ1) is 10.7. The molecule has 10 heteroatoms. The van der Waals surface area contributed by atoms with Crippen LogP contribution in [0.2, 0.25) is 0 Å². The van der Waals surface area contributed by atoms with Gasteiger partial charge in [0.25, 0.3) is 0 Å². The van der Waals surface area contributed by atoms with Crippen molar-refractivity contribution in [3.8, 4) is 23.1 Å². The second-order valence-corrected chi connectivity index (χ2v) is 4.46. The highest BCUT2D eigenvalue weighted by atomic mass is 16.3. The van der Waals surface area contributed by atoms with E-state index < -0.39 is 0 Å². The number of rotatable bonds is 5. The van der Waals surface area contributed by atoms with Crippen LogP contribution in [0.1, 0.15) is 13.8 Å². The van der Waals surface area contributed by atoms with E-state index in [-0.39, 0.29) is 5.75 Å². The van der Waals surface area contributed by atoms with E-state index in [0.717, 1.165) is 13.1 Å². The molecule has 22 heavy (non-hydrogen) atoms. The van der Waals surface area contributed by atoms with Gasteiger partial charge in [0.15, 0.2) is 0 Å². The van der Waals surface area contributed by atoms with Gasteiger partial charge in [0.1, 0.15) is 5.75 Å². The van der Waals surface area contributed by atoms with E-state index in [1.54, 1.807) is 29.1 Å². The Balaban J connectivity index is 2.06. The molecule has 0 unspecified atom stereocenters. The summed E-state index contributed by atoms with van der Waals surface area (Å²) in [5, 5.41) is 34.8. The normalized spacial score (nSPS) is 10.8. The van der Waals surface area contributed by atoms with E-state index >= 15 is 0 Å². The van der Waals surface area contributed by atoms with Crippen molar-refractivity contribution >= 4 is 0 Å². The Kier molecular flexibility index (Phi) is 3.64. The molecule has 0 spiro atoms. The van der Waals surface area contributed by atoms with Gasteiger partial charge in [-0.05, 0) is 59.0 Å². The summed E-state index contributed by atoms with van der Waals surface area (Å²) in [4.78, 5) is 1.59. The summed E-state index contributed by atoms with van der Waals surface area (Å²) in [6.45, 7) is 5.51. The first-order valence-electron chi connectivity index (χ1n) is 6.86. The molecule has 10 nitrogen and oxygen atoms in total. The first-order valence-corrected chi connectivity index (χ1v) is 6.86. The molecule has 0 amide bonds. The third-order valence-electron chi connectivity index (χ3n) is 3.22. The largest absolute Gasteiger partial charge is 0.508 e. The average Bonchev–Trinajstić information content (AvgIpc) is 3.18. The lowest BCUT2D eigenvalue weighted by Gasteiger charge is -2.20. The molecule has 0 saturated carbocycles. The quantitative estimate of drug-likeness (QED) is 0.701. The molecule has 0 fully saturated rings. The van der Waals surface area contributed by atoms with Crippen molar-refractivity contribution in [1.29, 1.82) is 0 Å². The summed E-state index contributed by atoms with van der Waals surface area (Å²) in [7, 11) is 0. The second kappa shape index (κ2) is 5.76. The maximum Gasteiger partial charge on any atom is 0.243 e. The van der Waals surface area contributed by atoms with E-state index in [1.807, 2.05) is 18.9 Å². The van der Waals surface area contributed by atoms with Crippen LogP contribution in [0.4, 0.5) is 0 Å². The second-order valence-electron chi connectivity index (χ2n) is 4.46. The van der Waals surface area contributed by atoms with Crippen molar-refractivity contribution in [2.45, 2.75) is 13.8 Å². The number of aromatic nitrogens is 8. The number of hydrogen-bond donors (Lipinski definition) is 1. The van der Waals surface area contributed by atoms with Crippen molar-refractivity contribution < 1.29 is 5.11 Å². The van der Waals surface area contributed by atoms with Gasteiger partial charge in [-0.3, -0.25) is 5.01 Å². The van der Waals surface area contributed by atoms with E-state index in [9.17, 15) is 5.11 Å². The lowest BCUT2D eigenvalue weighted by molar-refractivity contribution is 0.475. The van der Waals surface area contributed by atoms with Crippen molar-refractivity contribution in [3.05, 3.63) is 24.3 Å². The predicted molar refractivity (Wildman–Crippen MR) is 76.9 cm³/mol. The highest BCUT2D eigenvalue weighted by Gasteiger charge is 2.20. The van der Waals surface area contributed by atoms with Gasteiger partial charge in [0.05, 0.1) is 5.69 Å². The number of phenolic OH excluding ortho intramolecular Hbond substituents is 1. The topological polar surface area (TPSA) is 111 Å². The van der Waals surface area contributed by atoms with Crippen LogP contribution in [0.25, 0.3) is 17.3 Å². The highest BCUT2D eigenvalue weighted by molar-refractivity contribution is 5.48. The number of phenols is 1. The zero-order chi connectivity index (χ0) is 15.5. The minimum Gasteiger partial charge on any atom is -0.508 e. The fourth-order valence-electron chi connectivity index (χ4n) is 2.09. The minimum absolute atomic E-state index is 0.173. The monoisotopic (exact) mass is 301 g/mol. The van der Waals surface area contributed by atoms with Crippen LogP contribution in [0, 0.1) is 0 Å². The third-order valence-corrected chi connectivity index (χ3v) is 3.22. The molecule has 0 saturated heterocycles. The van der Waals surface area contributed by atoms with Crippen LogP contribution < -0.4 is 5.01 Å². The van der Waals surface area contributed by atoms with Gasteiger partial charge in [-0.15, -0.1) is 15.0 Å². The summed E-state index contributed by atoms with van der Waals surface area (Å²) in [6.07, 6.45) is 0. The Morgan fingerprint density at radius 3 is 2.27 bits per heavy atom. The zero-order valence-corrected chi connectivity index (χ0v) is 12.2. The number of aromatic hydroxyl groups is 1. The number of nitrogens with zero attached hydrogens (tertiary/aromatic N) is 9. The van der Waals surface area contributed by atoms with E-state index in [2.05, 4.69) is 31.1 Å². The van der Waals surface area contributed by atoms with Crippen molar-refractivity contribution in [1.82, 2.24) is 40.5 Å². The number of hydrogen-bond acceptors (Lipinski definition) is 8. The molecular weight excluding hydrogens is 286 g/mol. The maximum absolute atomic E-state index is 9.38. The molecule has 114 valence electrons. The fraction of sp³-hybridized carbons (Fsp3) is 0.333. The standard InChI is InChI=1S/C12H15N9O/c1-3-19(4-2)21-12(14-16-18-21)11-13-15-17-20(11)9-5-7-10(22)8-6-9/h5-8,22H,3-4H2,1-2H3. The van der Waals surface area contributed by atoms with Crippen LogP contribution in [0.3, 0.4) is 0 Å². The van der Waals surface area contributed by atoms with E-state index in [0.29, 0.717) is 17.3 Å². The lowest BCUT2D eigenvalue weighted by atomic mass is 10.3. The van der Waals surface area contributed by atoms with E-state index in [4.69, 9.17) is 0 Å². The molecule has 3 rings (SSSR count).